The van der Waals surface area contributed by atoms with Crippen LogP contribution in [0, 0.1) is 0 Å². The van der Waals surface area contributed by atoms with Crippen molar-refractivity contribution in [3.8, 4) is 22.3 Å². The second-order valence-corrected chi connectivity index (χ2v) is 13.7. The van der Waals surface area contributed by atoms with Gasteiger partial charge in [-0.15, -0.1) is 22.7 Å². The molecule has 8 rings (SSSR count). The lowest BCUT2D eigenvalue weighted by Crippen LogP contribution is -2.25. The number of thiophene rings is 2. The molecule has 1 spiro atoms. The van der Waals surface area contributed by atoms with Crippen LogP contribution in [-0.2, 0) is 5.41 Å². The van der Waals surface area contributed by atoms with E-state index in [1.54, 1.807) is 0 Å². The summed E-state index contributed by atoms with van der Waals surface area (Å²) in [6, 6.07) is 32.3. The number of benzene rings is 4. The molecule has 4 heteroatoms. The molecule has 6 aromatic rings. The standard InChI is InChI=1S/C29H14Br2S2/c30-27-11-15-9-19-17-5-1-3-7-21(17)29(23(19)13-25(15)32-27)22-8-4-2-6-18(22)20-10-16-12-28(31)33-26(16)14-24(20)29/h1-14H. The third kappa shape index (κ3) is 2.30. The number of hydrogen-bond donors (Lipinski definition) is 0. The number of halogens is 2. The normalized spacial score (nSPS) is 14.6. The molecule has 0 fully saturated rings. The van der Waals surface area contributed by atoms with Gasteiger partial charge in [0.1, 0.15) is 0 Å². The summed E-state index contributed by atoms with van der Waals surface area (Å²) in [5, 5.41) is 2.61. The van der Waals surface area contributed by atoms with Gasteiger partial charge in [0, 0.05) is 9.40 Å². The lowest BCUT2D eigenvalue weighted by molar-refractivity contribution is 0.796. The summed E-state index contributed by atoms with van der Waals surface area (Å²) in [4.78, 5) is 0. The van der Waals surface area contributed by atoms with Crippen molar-refractivity contribution in [1.82, 2.24) is 0 Å². The Morgan fingerprint density at radius 2 is 0.939 bits per heavy atom. The van der Waals surface area contributed by atoms with Crippen LogP contribution in [0.2, 0.25) is 0 Å². The van der Waals surface area contributed by atoms with Gasteiger partial charge in [0.2, 0.25) is 0 Å². The van der Waals surface area contributed by atoms with Gasteiger partial charge in [-0.2, -0.15) is 0 Å². The minimum Gasteiger partial charge on any atom is -0.128 e. The van der Waals surface area contributed by atoms with Gasteiger partial charge in [0.25, 0.3) is 0 Å². The SMILES string of the molecule is Brc1cc2cc3c(cc2s1)C1(c2ccccc2-3)c2ccccc2-c2cc3cc(Br)sc3cc21. The van der Waals surface area contributed by atoms with Crippen molar-refractivity contribution in [2.75, 3.05) is 0 Å². The van der Waals surface area contributed by atoms with Gasteiger partial charge in [0.15, 0.2) is 0 Å². The Kier molecular flexibility index (Phi) is 3.74. The summed E-state index contributed by atoms with van der Waals surface area (Å²) in [5.41, 5.74) is 10.8. The molecular weight excluding hydrogens is 572 g/mol. The van der Waals surface area contributed by atoms with E-state index in [-0.39, 0.29) is 5.41 Å². The van der Waals surface area contributed by atoms with Crippen LogP contribution in [0.5, 0.6) is 0 Å². The first-order valence-electron chi connectivity index (χ1n) is 10.8. The first kappa shape index (κ1) is 19.1. The Hall–Kier alpha value is -2.24. The van der Waals surface area contributed by atoms with Crippen LogP contribution >= 0.6 is 54.5 Å². The smallest absolute Gasteiger partial charge is 0.0726 e. The fraction of sp³-hybridized carbons (Fsp3) is 0.0345. The van der Waals surface area contributed by atoms with E-state index in [0.717, 1.165) is 0 Å². The summed E-state index contributed by atoms with van der Waals surface area (Å²) < 4.78 is 5.03. The van der Waals surface area contributed by atoms with Gasteiger partial charge in [-0.1, -0.05) is 48.5 Å². The van der Waals surface area contributed by atoms with Crippen molar-refractivity contribution in [3.05, 3.63) is 115 Å². The second kappa shape index (κ2) is 6.45. The van der Waals surface area contributed by atoms with Crippen molar-refractivity contribution in [2.24, 2.45) is 0 Å². The number of fused-ring (bicyclic) bond motifs is 12. The molecule has 0 aliphatic heterocycles. The zero-order chi connectivity index (χ0) is 21.9. The van der Waals surface area contributed by atoms with Crippen LogP contribution < -0.4 is 0 Å². The van der Waals surface area contributed by atoms with E-state index in [4.69, 9.17) is 0 Å². The summed E-state index contributed by atoms with van der Waals surface area (Å²) in [6.45, 7) is 0. The van der Waals surface area contributed by atoms with E-state index >= 15 is 0 Å². The Morgan fingerprint density at radius 1 is 0.485 bits per heavy atom. The highest BCUT2D eigenvalue weighted by Gasteiger charge is 2.51. The molecular formula is C29H14Br2S2. The molecule has 0 nitrogen and oxygen atoms in total. The Labute approximate surface area is 215 Å². The third-order valence-corrected chi connectivity index (χ3v) is 10.5. The molecule has 0 saturated carbocycles. The van der Waals surface area contributed by atoms with Gasteiger partial charge in [-0.05, 0) is 124 Å². The quantitative estimate of drug-likeness (QED) is 0.166. The van der Waals surface area contributed by atoms with Gasteiger partial charge in [-0.25, -0.2) is 0 Å². The van der Waals surface area contributed by atoms with Crippen molar-refractivity contribution < 1.29 is 0 Å². The van der Waals surface area contributed by atoms with Crippen LogP contribution in [0.1, 0.15) is 22.3 Å². The summed E-state index contributed by atoms with van der Waals surface area (Å²) in [5.74, 6) is 0. The topological polar surface area (TPSA) is 0 Å². The van der Waals surface area contributed by atoms with Crippen LogP contribution in [0.25, 0.3) is 42.4 Å². The van der Waals surface area contributed by atoms with Gasteiger partial charge < -0.3 is 0 Å². The largest absolute Gasteiger partial charge is 0.128 e. The van der Waals surface area contributed by atoms with Crippen molar-refractivity contribution in [1.29, 1.82) is 0 Å². The molecule has 4 aromatic carbocycles. The summed E-state index contributed by atoms with van der Waals surface area (Å²) in [6.07, 6.45) is 0. The maximum Gasteiger partial charge on any atom is 0.0726 e. The van der Waals surface area contributed by atoms with Crippen molar-refractivity contribution in [3.63, 3.8) is 0 Å². The average Bonchev–Trinajstić information content (AvgIpc) is 3.52. The molecule has 0 bridgehead atoms. The van der Waals surface area contributed by atoms with Gasteiger partial charge in [-0.3, -0.25) is 0 Å². The van der Waals surface area contributed by atoms with E-state index < -0.39 is 0 Å². The minimum atomic E-state index is -0.285. The molecule has 2 heterocycles. The average molecular weight is 586 g/mol. The highest BCUT2D eigenvalue weighted by atomic mass is 79.9. The summed E-state index contributed by atoms with van der Waals surface area (Å²) >= 11 is 11.1. The zero-order valence-corrected chi connectivity index (χ0v) is 22.0. The predicted octanol–water partition coefficient (Wildman–Crippen LogP) is 9.98. The van der Waals surface area contributed by atoms with E-state index in [1.165, 1.54) is 72.3 Å². The molecule has 0 unspecified atom stereocenters. The van der Waals surface area contributed by atoms with Crippen LogP contribution in [0.3, 0.4) is 0 Å². The van der Waals surface area contributed by atoms with Crippen LogP contribution in [-0.4, -0.2) is 0 Å². The second-order valence-electron chi connectivity index (χ2n) is 8.81. The predicted molar refractivity (Wildman–Crippen MR) is 149 cm³/mol. The molecule has 0 atom stereocenters. The van der Waals surface area contributed by atoms with E-state index in [9.17, 15) is 0 Å². The van der Waals surface area contributed by atoms with Crippen molar-refractivity contribution in [2.45, 2.75) is 5.41 Å². The van der Waals surface area contributed by atoms with Gasteiger partial charge in [0.05, 0.1) is 13.0 Å². The molecule has 2 aliphatic carbocycles. The van der Waals surface area contributed by atoms with Gasteiger partial charge >= 0.3 is 0 Å². The first-order chi connectivity index (χ1) is 16.1. The van der Waals surface area contributed by atoms with Crippen LogP contribution in [0.4, 0.5) is 0 Å². The zero-order valence-electron chi connectivity index (χ0n) is 17.2. The minimum absolute atomic E-state index is 0.285. The molecule has 2 aromatic heterocycles. The monoisotopic (exact) mass is 584 g/mol. The highest BCUT2D eigenvalue weighted by molar-refractivity contribution is 9.11. The lowest BCUT2D eigenvalue weighted by Gasteiger charge is -2.30. The molecule has 0 radical (unpaired) electrons. The molecule has 33 heavy (non-hydrogen) atoms. The van der Waals surface area contributed by atoms with Crippen LogP contribution in [0.15, 0.2) is 92.5 Å². The molecule has 0 N–H and O–H groups in total. The fourth-order valence-corrected chi connectivity index (χ4v) is 9.29. The molecule has 0 saturated heterocycles. The van der Waals surface area contributed by atoms with E-state index in [2.05, 4.69) is 117 Å². The Bertz CT molecular complexity index is 1670. The number of rotatable bonds is 0. The van der Waals surface area contributed by atoms with E-state index in [1.807, 2.05) is 22.7 Å². The maximum atomic E-state index is 3.72. The van der Waals surface area contributed by atoms with Crippen molar-refractivity contribution >= 4 is 74.7 Å². The molecule has 2 aliphatic rings. The number of hydrogen-bond acceptors (Lipinski definition) is 2. The third-order valence-electron chi connectivity index (χ3n) is 7.30. The summed E-state index contributed by atoms with van der Waals surface area (Å²) in [7, 11) is 0. The van der Waals surface area contributed by atoms with E-state index in [0.29, 0.717) is 0 Å². The molecule has 0 amide bonds. The Balaban J connectivity index is 1.61. The fourth-order valence-electron chi connectivity index (χ4n) is 6.14. The maximum absolute atomic E-state index is 3.72. The first-order valence-corrected chi connectivity index (χ1v) is 14.0. The lowest BCUT2D eigenvalue weighted by atomic mass is 9.70. The Morgan fingerprint density at radius 3 is 1.42 bits per heavy atom. The highest BCUT2D eigenvalue weighted by Crippen LogP contribution is 2.64. The molecule has 156 valence electrons.